The maximum Gasteiger partial charge on any atom is 0.269 e. The van der Waals surface area contributed by atoms with Gasteiger partial charge in [-0.05, 0) is 80.1 Å². The summed E-state index contributed by atoms with van der Waals surface area (Å²) in [5.41, 5.74) is 1.17. The average molecular weight is 407 g/mol. The second-order valence-corrected chi connectivity index (χ2v) is 10.0. The van der Waals surface area contributed by atoms with Crippen molar-refractivity contribution in [3.8, 4) is 0 Å². The summed E-state index contributed by atoms with van der Waals surface area (Å²) in [6, 6.07) is 6.53. The van der Waals surface area contributed by atoms with E-state index in [2.05, 4.69) is 10.2 Å². The molecule has 0 radical (unpaired) electrons. The standard InChI is InChI=1S/C21H21N5O2S/c27-26(28)17-4-1-13(2-5-17)3-6-18-24-25-19(22-23-20(25)29-18)21-10-14-7-15(11-21)9-16(8-14)12-21/h1-6,14-16H,7-12H2. The van der Waals surface area contributed by atoms with Crippen LogP contribution in [0.25, 0.3) is 17.1 Å². The Labute approximate surface area is 171 Å². The summed E-state index contributed by atoms with van der Waals surface area (Å²) in [7, 11) is 0. The topological polar surface area (TPSA) is 86.2 Å². The predicted octanol–water partition coefficient (Wildman–Crippen LogP) is 4.73. The van der Waals surface area contributed by atoms with E-state index in [0.29, 0.717) is 0 Å². The molecule has 7 rings (SSSR count). The van der Waals surface area contributed by atoms with Crippen LogP contribution in [-0.2, 0) is 5.41 Å². The van der Waals surface area contributed by atoms with Gasteiger partial charge in [-0.25, -0.2) is 0 Å². The van der Waals surface area contributed by atoms with Crippen molar-refractivity contribution in [3.63, 3.8) is 0 Å². The second-order valence-electron chi connectivity index (χ2n) is 9.04. The Balaban J connectivity index is 1.30. The van der Waals surface area contributed by atoms with E-state index in [0.717, 1.165) is 39.1 Å². The Morgan fingerprint density at radius 1 is 1.03 bits per heavy atom. The Hall–Kier alpha value is -2.61. The van der Waals surface area contributed by atoms with Crippen molar-refractivity contribution in [2.75, 3.05) is 0 Å². The lowest BCUT2D eigenvalue weighted by Crippen LogP contribution is -2.49. The zero-order valence-corrected chi connectivity index (χ0v) is 16.7. The number of nitrogens with zero attached hydrogens (tertiary/aromatic N) is 5. The fraction of sp³-hybridized carbons (Fsp3) is 0.476. The van der Waals surface area contributed by atoms with E-state index in [1.807, 2.05) is 16.7 Å². The van der Waals surface area contributed by atoms with Gasteiger partial charge in [-0.15, -0.1) is 10.2 Å². The third-order valence-electron chi connectivity index (χ3n) is 7.04. The van der Waals surface area contributed by atoms with Gasteiger partial charge in [0.1, 0.15) is 5.01 Å². The van der Waals surface area contributed by atoms with Crippen LogP contribution in [0, 0.1) is 27.9 Å². The summed E-state index contributed by atoms with van der Waals surface area (Å²) in [4.78, 5) is 11.2. The van der Waals surface area contributed by atoms with Gasteiger partial charge < -0.3 is 0 Å². The monoisotopic (exact) mass is 407 g/mol. The van der Waals surface area contributed by atoms with Crippen molar-refractivity contribution in [2.45, 2.75) is 43.9 Å². The molecule has 4 bridgehead atoms. The maximum absolute atomic E-state index is 10.8. The minimum Gasteiger partial charge on any atom is -0.258 e. The molecule has 0 atom stereocenters. The molecule has 8 heteroatoms. The zero-order chi connectivity index (χ0) is 19.6. The zero-order valence-electron chi connectivity index (χ0n) is 15.9. The fourth-order valence-corrected chi connectivity index (χ4v) is 7.03. The van der Waals surface area contributed by atoms with E-state index in [1.165, 1.54) is 62.0 Å². The highest BCUT2D eigenvalue weighted by Gasteiger charge is 2.54. The Morgan fingerprint density at radius 3 is 2.31 bits per heavy atom. The molecule has 4 aliphatic rings. The van der Waals surface area contributed by atoms with Crippen molar-refractivity contribution in [1.82, 2.24) is 19.8 Å². The third kappa shape index (κ3) is 2.80. The molecule has 4 aliphatic carbocycles. The number of rotatable bonds is 4. The largest absolute Gasteiger partial charge is 0.269 e. The number of benzene rings is 1. The average Bonchev–Trinajstić information content (AvgIpc) is 3.26. The molecule has 0 amide bonds. The SMILES string of the molecule is O=[N+]([O-])c1ccc(C=Cc2nn3c(C45CC6CC(CC(C6)C4)C5)nnc3s2)cc1. The van der Waals surface area contributed by atoms with Gasteiger partial charge in [-0.3, -0.25) is 10.1 Å². The summed E-state index contributed by atoms with van der Waals surface area (Å²) in [6.07, 6.45) is 11.8. The maximum atomic E-state index is 10.8. The predicted molar refractivity (Wildman–Crippen MR) is 111 cm³/mol. The molecule has 2 heterocycles. The first-order valence-corrected chi connectivity index (χ1v) is 11.0. The van der Waals surface area contributed by atoms with Gasteiger partial charge in [-0.2, -0.15) is 9.61 Å². The van der Waals surface area contributed by atoms with Crippen LogP contribution < -0.4 is 0 Å². The van der Waals surface area contributed by atoms with Crippen molar-refractivity contribution in [1.29, 1.82) is 0 Å². The van der Waals surface area contributed by atoms with Crippen LogP contribution in [0.2, 0.25) is 0 Å². The van der Waals surface area contributed by atoms with Crippen molar-refractivity contribution >= 4 is 34.1 Å². The van der Waals surface area contributed by atoms with Crippen LogP contribution in [0.5, 0.6) is 0 Å². The summed E-state index contributed by atoms with van der Waals surface area (Å²) in [5, 5.41) is 25.5. The lowest BCUT2D eigenvalue weighted by Gasteiger charge is -2.55. The van der Waals surface area contributed by atoms with E-state index >= 15 is 0 Å². The lowest BCUT2D eigenvalue weighted by atomic mass is 9.49. The molecule has 1 aromatic carbocycles. The normalized spacial score (nSPS) is 30.6. The molecule has 0 aliphatic heterocycles. The molecule has 7 nitrogen and oxygen atoms in total. The van der Waals surface area contributed by atoms with E-state index in [1.54, 1.807) is 12.1 Å². The third-order valence-corrected chi connectivity index (χ3v) is 7.91. The van der Waals surface area contributed by atoms with Crippen molar-refractivity contribution < 1.29 is 4.92 Å². The van der Waals surface area contributed by atoms with E-state index in [-0.39, 0.29) is 16.0 Å². The molecule has 0 spiro atoms. The van der Waals surface area contributed by atoms with Crippen LogP contribution in [-0.4, -0.2) is 24.7 Å². The van der Waals surface area contributed by atoms with Gasteiger partial charge in [0.2, 0.25) is 4.96 Å². The fourth-order valence-electron chi connectivity index (χ4n) is 6.29. The van der Waals surface area contributed by atoms with Crippen LogP contribution >= 0.6 is 11.3 Å². The van der Waals surface area contributed by atoms with Crippen molar-refractivity contribution in [2.24, 2.45) is 17.8 Å². The molecule has 4 saturated carbocycles. The summed E-state index contributed by atoms with van der Waals surface area (Å²) < 4.78 is 1.98. The molecule has 0 unspecified atom stereocenters. The van der Waals surface area contributed by atoms with Crippen LogP contribution in [0.1, 0.15) is 54.9 Å². The lowest BCUT2D eigenvalue weighted by molar-refractivity contribution is -0.384. The van der Waals surface area contributed by atoms with Gasteiger partial charge >= 0.3 is 0 Å². The minimum absolute atomic E-state index is 0.0983. The molecule has 3 aromatic rings. The van der Waals surface area contributed by atoms with Crippen molar-refractivity contribution in [3.05, 3.63) is 50.8 Å². The first-order valence-electron chi connectivity index (χ1n) is 10.2. The van der Waals surface area contributed by atoms with E-state index in [4.69, 9.17) is 5.10 Å². The number of hydrogen-bond acceptors (Lipinski definition) is 6. The first-order chi connectivity index (χ1) is 14.1. The molecule has 0 saturated heterocycles. The van der Waals surface area contributed by atoms with Crippen LogP contribution in [0.15, 0.2) is 24.3 Å². The Kier molecular flexibility index (Phi) is 3.69. The van der Waals surface area contributed by atoms with Gasteiger partial charge in [0.05, 0.1) is 4.92 Å². The Morgan fingerprint density at radius 2 is 1.69 bits per heavy atom. The number of non-ortho nitro benzene ring substituents is 1. The number of nitro benzene ring substituents is 1. The van der Waals surface area contributed by atoms with Crippen LogP contribution in [0.3, 0.4) is 0 Å². The molecular weight excluding hydrogens is 386 g/mol. The van der Waals surface area contributed by atoms with Gasteiger partial charge in [0.15, 0.2) is 5.82 Å². The van der Waals surface area contributed by atoms with E-state index in [9.17, 15) is 10.1 Å². The molecule has 0 N–H and O–H groups in total. The first kappa shape index (κ1) is 17.3. The highest BCUT2D eigenvalue weighted by molar-refractivity contribution is 7.17. The Bertz CT molecular complexity index is 1090. The molecule has 4 fully saturated rings. The summed E-state index contributed by atoms with van der Waals surface area (Å²) in [5.74, 6) is 3.63. The number of hydrogen-bond donors (Lipinski definition) is 0. The molecule has 148 valence electrons. The molecular formula is C21H21N5O2S. The molecule has 29 heavy (non-hydrogen) atoms. The number of nitro groups is 1. The van der Waals surface area contributed by atoms with E-state index < -0.39 is 0 Å². The summed E-state index contributed by atoms with van der Waals surface area (Å²) in [6.45, 7) is 0. The minimum atomic E-state index is -0.387. The number of fused-ring (bicyclic) bond motifs is 1. The smallest absolute Gasteiger partial charge is 0.258 e. The quantitative estimate of drug-likeness (QED) is 0.461. The highest BCUT2D eigenvalue weighted by Crippen LogP contribution is 2.60. The van der Waals surface area contributed by atoms with Crippen LogP contribution in [0.4, 0.5) is 5.69 Å². The highest BCUT2D eigenvalue weighted by atomic mass is 32.1. The van der Waals surface area contributed by atoms with Gasteiger partial charge in [-0.1, -0.05) is 17.4 Å². The second kappa shape index (κ2) is 6.19. The van der Waals surface area contributed by atoms with Gasteiger partial charge in [0, 0.05) is 17.5 Å². The summed E-state index contributed by atoms with van der Waals surface area (Å²) >= 11 is 1.53. The molecule has 2 aromatic heterocycles. The number of aromatic nitrogens is 4. The van der Waals surface area contributed by atoms with Gasteiger partial charge in [0.25, 0.3) is 5.69 Å².